The number of aliphatic hydroxyl groups excluding tert-OH is 1. The van der Waals surface area contributed by atoms with E-state index in [1.165, 1.54) is 103 Å². The molecule has 346 valence electrons. The van der Waals surface area contributed by atoms with Gasteiger partial charge < -0.3 is 14.6 Å². The van der Waals surface area contributed by atoms with Gasteiger partial charge in [0, 0.05) is 24.7 Å². The Labute approximate surface area is 374 Å². The van der Waals surface area contributed by atoms with Crippen molar-refractivity contribution in [2.45, 2.75) is 236 Å². The van der Waals surface area contributed by atoms with Crippen molar-refractivity contribution in [3.63, 3.8) is 0 Å². The van der Waals surface area contributed by atoms with E-state index in [0.29, 0.717) is 67.5 Å². The minimum absolute atomic E-state index is 0.0389. The van der Waals surface area contributed by atoms with Crippen molar-refractivity contribution in [1.82, 2.24) is 0 Å². The molecule has 4 nitrogen and oxygen atoms in total. The molecular weight excluding hydrogens is 749 g/mol. The monoisotopic (exact) mass is 843 g/mol. The molecule has 0 aromatic rings. The van der Waals surface area contributed by atoms with Crippen LogP contribution < -0.4 is 0 Å². The van der Waals surface area contributed by atoms with Crippen LogP contribution in [0.4, 0.5) is 0 Å². The zero-order valence-electron chi connectivity index (χ0n) is 41.7. The molecule has 9 saturated carbocycles. The van der Waals surface area contributed by atoms with E-state index >= 15 is 0 Å². The average Bonchev–Trinajstić information content (AvgIpc) is 3.66. The Kier molecular flexibility index (Phi) is 10.4. The van der Waals surface area contributed by atoms with Crippen molar-refractivity contribution in [1.29, 1.82) is 0 Å². The highest BCUT2D eigenvalue weighted by atomic mass is 16.7. The minimum atomic E-state index is -0.282. The van der Waals surface area contributed by atoms with Gasteiger partial charge in [-0.05, 0) is 219 Å². The summed E-state index contributed by atoms with van der Waals surface area (Å²) in [5.74, 6) is 8.20. The van der Waals surface area contributed by atoms with Crippen molar-refractivity contribution in [3.05, 3.63) is 0 Å². The third-order valence-electron chi connectivity index (χ3n) is 25.6. The SMILES string of the molecule is C[C@H]1C(=O)CC[C@@H]2[C@]1(C)CC[C@H]1[C@@]2(C)CC[C@@]2(C)[C@@H]3CC(C)(C)CC[C@]3(C)CC[C@]12C.C[C@H]1CC[C@@]2(OC1)O[C@H]1C[C@H]3[C@@H]4CC[C@@H]5C[C@@H](O)CC[C@]5(C)[C@H]4CC[C@]3(C)[C@H]1[C@@H]2C. The van der Waals surface area contributed by atoms with Gasteiger partial charge >= 0.3 is 0 Å². The number of rotatable bonds is 0. The van der Waals surface area contributed by atoms with Crippen LogP contribution in [0.5, 0.6) is 0 Å². The molecule has 0 unspecified atom stereocenters. The molecule has 0 bridgehead atoms. The lowest BCUT2D eigenvalue weighted by molar-refractivity contribution is -0.273. The van der Waals surface area contributed by atoms with Gasteiger partial charge in [0.05, 0.1) is 18.8 Å². The Morgan fingerprint density at radius 1 is 0.590 bits per heavy atom. The number of hydrogen-bond acceptors (Lipinski definition) is 4. The maximum absolute atomic E-state index is 12.7. The third-order valence-corrected chi connectivity index (χ3v) is 25.6. The topological polar surface area (TPSA) is 55.8 Å². The second kappa shape index (κ2) is 14.3. The fourth-order valence-electron chi connectivity index (χ4n) is 21.4. The Morgan fingerprint density at radius 2 is 1.28 bits per heavy atom. The standard InChI is InChI=1S/C30H50O.C27H44O3/c1-20-21(31)9-10-22-27(20,5)12-11-23-28(22,6)16-18-30(8)24-19-25(2,3)13-14-26(24,4)15-17-29(23,30)7;1-16-7-12-27(29-15-16)17(2)24-23(30-27)14-22-20-6-5-18-13-19(28)8-10-25(18,3)21(20)9-11-26(22,24)4/h20,22-24H,9-19H2,1-8H3;16-24,28H,5-15H2,1-4H3/t20-,22+,23-,24+,26+,27+,28-,29+,30-;16-,17-,18+,19-,20+,21-,22-,23-,24-,25-,26-,27+/m00/s1. The van der Waals surface area contributed by atoms with Crippen molar-refractivity contribution in [3.8, 4) is 0 Å². The molecule has 0 aromatic carbocycles. The largest absolute Gasteiger partial charge is 0.393 e. The first kappa shape index (κ1) is 44.4. The predicted molar refractivity (Wildman–Crippen MR) is 247 cm³/mol. The van der Waals surface area contributed by atoms with Crippen molar-refractivity contribution < 1.29 is 19.4 Å². The quantitative estimate of drug-likeness (QED) is 0.264. The molecule has 11 rings (SSSR count). The summed E-state index contributed by atoms with van der Waals surface area (Å²) in [7, 11) is 0. The molecular formula is C57H94O4. The average molecular weight is 843 g/mol. The summed E-state index contributed by atoms with van der Waals surface area (Å²) in [6, 6.07) is 0. The highest BCUT2D eigenvalue weighted by Crippen LogP contribution is 2.79. The summed E-state index contributed by atoms with van der Waals surface area (Å²) in [6.07, 6.45) is 27.5. The molecule has 11 aliphatic rings. The molecule has 2 saturated heterocycles. The molecule has 61 heavy (non-hydrogen) atoms. The van der Waals surface area contributed by atoms with E-state index in [1.807, 2.05) is 0 Å². The van der Waals surface area contributed by atoms with Crippen LogP contribution in [0, 0.1) is 108 Å². The molecule has 11 fully saturated rings. The fraction of sp³-hybridized carbons (Fsp3) is 0.982. The van der Waals surface area contributed by atoms with Crippen molar-refractivity contribution >= 4 is 5.78 Å². The number of hydrogen-bond donors (Lipinski definition) is 1. The second-order valence-electron chi connectivity index (χ2n) is 28.4. The first-order chi connectivity index (χ1) is 28.5. The summed E-state index contributed by atoms with van der Waals surface area (Å²) in [6.45, 7) is 31.6. The van der Waals surface area contributed by atoms with E-state index in [0.717, 1.165) is 80.1 Å². The van der Waals surface area contributed by atoms with Gasteiger partial charge in [-0.1, -0.05) is 83.1 Å². The molecule has 21 atom stereocenters. The zero-order chi connectivity index (χ0) is 43.6. The summed E-state index contributed by atoms with van der Waals surface area (Å²) in [4.78, 5) is 12.7. The molecule has 0 aromatic heterocycles. The first-order valence-corrected chi connectivity index (χ1v) is 27.0. The van der Waals surface area contributed by atoms with E-state index in [-0.39, 0.29) is 23.2 Å². The van der Waals surface area contributed by atoms with Crippen LogP contribution in [0.25, 0.3) is 0 Å². The van der Waals surface area contributed by atoms with E-state index in [4.69, 9.17) is 9.47 Å². The highest BCUT2D eigenvalue weighted by Gasteiger charge is 2.72. The van der Waals surface area contributed by atoms with Crippen LogP contribution in [-0.4, -0.2) is 35.5 Å². The van der Waals surface area contributed by atoms with Gasteiger partial charge in [-0.3, -0.25) is 4.79 Å². The van der Waals surface area contributed by atoms with Gasteiger partial charge in [0.1, 0.15) is 5.78 Å². The molecule has 4 heteroatoms. The van der Waals surface area contributed by atoms with Gasteiger partial charge in [0.2, 0.25) is 0 Å². The number of carbonyl (C=O) groups is 1. The fourth-order valence-corrected chi connectivity index (χ4v) is 21.4. The normalized spacial score (nSPS) is 60.5. The van der Waals surface area contributed by atoms with Crippen LogP contribution in [0.15, 0.2) is 0 Å². The Bertz CT molecular complexity index is 1710. The number of carbonyl (C=O) groups excluding carboxylic acids is 1. The second-order valence-corrected chi connectivity index (χ2v) is 28.4. The van der Waals surface area contributed by atoms with Crippen molar-refractivity contribution in [2.75, 3.05) is 6.61 Å². The van der Waals surface area contributed by atoms with E-state index in [9.17, 15) is 9.90 Å². The molecule has 0 radical (unpaired) electrons. The van der Waals surface area contributed by atoms with Crippen LogP contribution >= 0.6 is 0 Å². The van der Waals surface area contributed by atoms with Gasteiger partial charge in [-0.2, -0.15) is 0 Å². The third kappa shape index (κ3) is 6.12. The number of ether oxygens (including phenoxy) is 2. The summed E-state index contributed by atoms with van der Waals surface area (Å²) in [5, 5.41) is 10.3. The Morgan fingerprint density at radius 3 is 2.02 bits per heavy atom. The number of ketones is 1. The van der Waals surface area contributed by atoms with Gasteiger partial charge in [-0.25, -0.2) is 0 Å². The van der Waals surface area contributed by atoms with E-state index in [2.05, 4.69) is 83.1 Å². The minimum Gasteiger partial charge on any atom is -0.393 e. The maximum atomic E-state index is 12.7. The highest BCUT2D eigenvalue weighted by molar-refractivity contribution is 5.82. The molecule has 9 aliphatic carbocycles. The van der Waals surface area contributed by atoms with E-state index in [1.54, 1.807) is 0 Å². The zero-order valence-corrected chi connectivity index (χ0v) is 41.7. The molecule has 2 aliphatic heterocycles. The van der Waals surface area contributed by atoms with Gasteiger partial charge in [-0.15, -0.1) is 0 Å². The lowest BCUT2D eigenvalue weighted by atomic mass is 9.30. The molecule has 1 N–H and O–H groups in total. The van der Waals surface area contributed by atoms with Gasteiger partial charge in [0.15, 0.2) is 5.79 Å². The van der Waals surface area contributed by atoms with Crippen molar-refractivity contribution in [2.24, 2.45) is 108 Å². The molecule has 1 spiro atoms. The summed E-state index contributed by atoms with van der Waals surface area (Å²) >= 11 is 0. The lowest BCUT2D eigenvalue weighted by Gasteiger charge is -2.74. The Balaban J connectivity index is 0.000000146. The predicted octanol–water partition coefficient (Wildman–Crippen LogP) is 14.3. The lowest BCUT2D eigenvalue weighted by Crippen LogP contribution is -2.67. The molecule has 2 heterocycles. The summed E-state index contributed by atoms with van der Waals surface area (Å²) in [5.41, 5.74) is 3.57. The smallest absolute Gasteiger partial charge is 0.171 e. The maximum Gasteiger partial charge on any atom is 0.171 e. The van der Waals surface area contributed by atoms with Crippen LogP contribution in [0.1, 0.15) is 218 Å². The first-order valence-electron chi connectivity index (χ1n) is 27.0. The van der Waals surface area contributed by atoms with E-state index < -0.39 is 0 Å². The summed E-state index contributed by atoms with van der Waals surface area (Å²) < 4.78 is 13.4. The van der Waals surface area contributed by atoms with Crippen LogP contribution in [0.2, 0.25) is 0 Å². The number of fused-ring (bicyclic) bond motifs is 14. The number of Topliss-reactive ketones (excluding diaryl/α,β-unsaturated/α-hetero) is 1. The van der Waals surface area contributed by atoms with Crippen LogP contribution in [0.3, 0.4) is 0 Å². The van der Waals surface area contributed by atoms with Crippen LogP contribution in [-0.2, 0) is 14.3 Å². The Hall–Kier alpha value is -0.450. The number of aliphatic hydroxyl groups is 1. The van der Waals surface area contributed by atoms with Gasteiger partial charge in [0.25, 0.3) is 0 Å². The molecule has 0 amide bonds.